The van der Waals surface area contributed by atoms with E-state index in [4.69, 9.17) is 0 Å². The molecule has 1 atom stereocenters. The van der Waals surface area contributed by atoms with Crippen LogP contribution in [-0.4, -0.2) is 16.5 Å². The van der Waals surface area contributed by atoms with Gasteiger partial charge in [-0.2, -0.15) is 0 Å². The highest BCUT2D eigenvalue weighted by Gasteiger charge is 2.19. The van der Waals surface area contributed by atoms with Gasteiger partial charge < -0.3 is 10.3 Å². The lowest BCUT2D eigenvalue weighted by Gasteiger charge is -2.06. The Balaban J connectivity index is 1.79. The van der Waals surface area contributed by atoms with Crippen LogP contribution in [0, 0.1) is 0 Å². The molecule has 3 nitrogen and oxygen atoms in total. The number of benzene rings is 2. The predicted molar refractivity (Wildman–Crippen MR) is 81.5 cm³/mol. The van der Waals surface area contributed by atoms with Gasteiger partial charge in [-0.1, -0.05) is 42.5 Å². The zero-order valence-corrected chi connectivity index (χ0v) is 11.3. The Morgan fingerprint density at radius 3 is 2.85 bits per heavy atom. The van der Waals surface area contributed by atoms with E-state index in [1.54, 1.807) is 0 Å². The van der Waals surface area contributed by atoms with Crippen molar-refractivity contribution in [3.8, 4) is 11.3 Å². The van der Waals surface area contributed by atoms with Gasteiger partial charge in [0, 0.05) is 5.56 Å². The maximum atomic E-state index is 4.56. The standard InChI is InChI=1S/C17H17N3/c1-2-7-13-12(5-1)6-3-8-14(13)16-11-19-17(20-16)15-9-4-10-18-15/h1-3,5-8,11,15,18H,4,9-10H2,(H,19,20)/t15-/m1/s1. The number of aromatic amines is 1. The second-order valence-electron chi connectivity index (χ2n) is 5.36. The molecule has 100 valence electrons. The summed E-state index contributed by atoms with van der Waals surface area (Å²) in [6, 6.07) is 15.3. The van der Waals surface area contributed by atoms with Crippen LogP contribution in [0.3, 0.4) is 0 Å². The van der Waals surface area contributed by atoms with Gasteiger partial charge in [-0.15, -0.1) is 0 Å². The first-order valence-corrected chi connectivity index (χ1v) is 7.18. The van der Waals surface area contributed by atoms with Crippen molar-refractivity contribution in [1.29, 1.82) is 0 Å². The number of imidazole rings is 1. The fourth-order valence-corrected chi connectivity index (χ4v) is 3.03. The van der Waals surface area contributed by atoms with Crippen molar-refractivity contribution in [3.05, 3.63) is 54.5 Å². The van der Waals surface area contributed by atoms with Gasteiger partial charge in [0.1, 0.15) is 5.82 Å². The van der Waals surface area contributed by atoms with Gasteiger partial charge in [-0.25, -0.2) is 4.98 Å². The lowest BCUT2D eigenvalue weighted by Crippen LogP contribution is -2.14. The summed E-state index contributed by atoms with van der Waals surface area (Å²) in [7, 11) is 0. The lowest BCUT2D eigenvalue weighted by atomic mass is 10.0. The number of H-pyrrole nitrogens is 1. The highest BCUT2D eigenvalue weighted by molar-refractivity contribution is 5.95. The van der Waals surface area contributed by atoms with Crippen molar-refractivity contribution in [2.45, 2.75) is 18.9 Å². The molecule has 1 aromatic heterocycles. The zero-order valence-electron chi connectivity index (χ0n) is 11.3. The van der Waals surface area contributed by atoms with Crippen molar-refractivity contribution >= 4 is 10.8 Å². The van der Waals surface area contributed by atoms with Crippen LogP contribution < -0.4 is 5.32 Å². The molecule has 1 saturated heterocycles. The summed E-state index contributed by atoms with van der Waals surface area (Å²) in [5, 5.41) is 6.01. The molecule has 0 unspecified atom stereocenters. The molecule has 1 aliphatic rings. The summed E-state index contributed by atoms with van der Waals surface area (Å²) < 4.78 is 0. The number of fused-ring (bicyclic) bond motifs is 1. The molecule has 0 radical (unpaired) electrons. The topological polar surface area (TPSA) is 40.7 Å². The monoisotopic (exact) mass is 263 g/mol. The molecule has 0 amide bonds. The van der Waals surface area contributed by atoms with E-state index in [-0.39, 0.29) is 0 Å². The summed E-state index contributed by atoms with van der Waals surface area (Å²) >= 11 is 0. The third-order valence-electron chi connectivity index (χ3n) is 4.07. The van der Waals surface area contributed by atoms with Crippen molar-refractivity contribution in [2.24, 2.45) is 0 Å². The molecular formula is C17H17N3. The summed E-state index contributed by atoms with van der Waals surface area (Å²) in [6.45, 7) is 1.09. The molecule has 1 aliphatic heterocycles. The van der Waals surface area contributed by atoms with Crippen molar-refractivity contribution in [3.63, 3.8) is 0 Å². The maximum absolute atomic E-state index is 4.56. The second-order valence-corrected chi connectivity index (χ2v) is 5.36. The number of nitrogens with one attached hydrogen (secondary N) is 2. The predicted octanol–water partition coefficient (Wildman–Crippen LogP) is 3.65. The molecule has 2 heterocycles. The number of hydrogen-bond acceptors (Lipinski definition) is 2. The Kier molecular flexibility index (Phi) is 2.78. The third kappa shape index (κ3) is 1.91. The first kappa shape index (κ1) is 11.7. The van der Waals surface area contributed by atoms with E-state index in [2.05, 4.69) is 57.7 Å². The first-order valence-electron chi connectivity index (χ1n) is 7.18. The van der Waals surface area contributed by atoms with Gasteiger partial charge in [0.05, 0.1) is 17.9 Å². The van der Waals surface area contributed by atoms with E-state index < -0.39 is 0 Å². The van der Waals surface area contributed by atoms with Crippen LogP contribution >= 0.6 is 0 Å². The minimum atomic E-state index is 0.388. The average molecular weight is 263 g/mol. The zero-order chi connectivity index (χ0) is 13.4. The molecule has 1 fully saturated rings. The van der Waals surface area contributed by atoms with Crippen molar-refractivity contribution in [2.75, 3.05) is 6.54 Å². The lowest BCUT2D eigenvalue weighted by molar-refractivity contribution is 0.613. The molecule has 2 aromatic carbocycles. The molecule has 3 aromatic rings. The molecule has 20 heavy (non-hydrogen) atoms. The highest BCUT2D eigenvalue weighted by Crippen LogP contribution is 2.29. The number of rotatable bonds is 2. The molecule has 0 spiro atoms. The number of hydrogen-bond donors (Lipinski definition) is 2. The smallest absolute Gasteiger partial charge is 0.123 e. The SMILES string of the molecule is c1ccc2c(-c3cnc([C@H]4CCCN4)[nH]3)cccc2c1. The number of nitrogens with zero attached hydrogens (tertiary/aromatic N) is 1. The fourth-order valence-electron chi connectivity index (χ4n) is 3.03. The van der Waals surface area contributed by atoms with E-state index >= 15 is 0 Å². The summed E-state index contributed by atoms with van der Waals surface area (Å²) in [4.78, 5) is 8.05. The Morgan fingerprint density at radius 2 is 1.95 bits per heavy atom. The Hall–Kier alpha value is -2.13. The molecule has 0 aliphatic carbocycles. The molecule has 0 bridgehead atoms. The quantitative estimate of drug-likeness (QED) is 0.741. The van der Waals surface area contributed by atoms with E-state index in [1.807, 2.05) is 6.20 Å². The van der Waals surface area contributed by atoms with Gasteiger partial charge in [0.15, 0.2) is 0 Å². The van der Waals surface area contributed by atoms with Crippen LogP contribution in [0.5, 0.6) is 0 Å². The number of aromatic nitrogens is 2. The van der Waals surface area contributed by atoms with Gasteiger partial charge in [0.25, 0.3) is 0 Å². The highest BCUT2D eigenvalue weighted by atomic mass is 15.0. The Bertz CT molecular complexity index is 733. The van der Waals surface area contributed by atoms with Crippen LogP contribution in [0.1, 0.15) is 24.7 Å². The van der Waals surface area contributed by atoms with Crippen molar-refractivity contribution < 1.29 is 0 Å². The van der Waals surface area contributed by atoms with Crippen LogP contribution in [0.25, 0.3) is 22.0 Å². The van der Waals surface area contributed by atoms with Gasteiger partial charge in [-0.3, -0.25) is 0 Å². The minimum absolute atomic E-state index is 0.388. The molecule has 4 rings (SSSR count). The largest absolute Gasteiger partial charge is 0.341 e. The Morgan fingerprint density at radius 1 is 1.05 bits per heavy atom. The maximum Gasteiger partial charge on any atom is 0.123 e. The van der Waals surface area contributed by atoms with Crippen molar-refractivity contribution in [1.82, 2.24) is 15.3 Å². The van der Waals surface area contributed by atoms with E-state index in [1.165, 1.54) is 29.2 Å². The normalized spacial score (nSPS) is 18.7. The average Bonchev–Trinajstić information content (AvgIpc) is 3.17. The van der Waals surface area contributed by atoms with Gasteiger partial charge in [-0.05, 0) is 30.2 Å². The van der Waals surface area contributed by atoms with E-state index in [0.717, 1.165) is 18.1 Å². The molecule has 3 heteroatoms. The van der Waals surface area contributed by atoms with Crippen LogP contribution in [0.4, 0.5) is 0 Å². The summed E-state index contributed by atoms with van der Waals surface area (Å²) in [6.07, 6.45) is 4.36. The van der Waals surface area contributed by atoms with Crippen LogP contribution in [0.15, 0.2) is 48.7 Å². The first-order chi connectivity index (χ1) is 9.92. The second kappa shape index (κ2) is 4.76. The van der Waals surface area contributed by atoms with Gasteiger partial charge in [0.2, 0.25) is 0 Å². The fraction of sp³-hybridized carbons (Fsp3) is 0.235. The molecule has 2 N–H and O–H groups in total. The third-order valence-corrected chi connectivity index (χ3v) is 4.07. The van der Waals surface area contributed by atoms with Crippen LogP contribution in [-0.2, 0) is 0 Å². The van der Waals surface area contributed by atoms with E-state index in [0.29, 0.717) is 6.04 Å². The van der Waals surface area contributed by atoms with Gasteiger partial charge >= 0.3 is 0 Å². The summed E-state index contributed by atoms with van der Waals surface area (Å²) in [5.41, 5.74) is 2.32. The summed E-state index contributed by atoms with van der Waals surface area (Å²) in [5.74, 6) is 1.06. The van der Waals surface area contributed by atoms with Crippen LogP contribution in [0.2, 0.25) is 0 Å². The molecule has 0 saturated carbocycles. The Labute approximate surface area is 118 Å². The molecular weight excluding hydrogens is 246 g/mol. The minimum Gasteiger partial charge on any atom is -0.341 e. The van der Waals surface area contributed by atoms with E-state index in [9.17, 15) is 0 Å².